The fraction of sp³-hybridized carbons (Fsp3) is 0.444. The highest BCUT2D eigenvalue weighted by Gasteiger charge is 2.09. The standard InChI is InChI=1S/C9H13N3O2S/c1-3-10-8-6(4-7(13)14)5-11-9(12-8)15-2/h5H,3-4H2,1-2H3,(H,13,14)(H,10,11,12). The second-order valence-electron chi connectivity index (χ2n) is 2.83. The number of rotatable bonds is 5. The molecule has 0 aliphatic heterocycles. The van der Waals surface area contributed by atoms with Gasteiger partial charge >= 0.3 is 5.97 Å². The molecule has 0 radical (unpaired) electrons. The summed E-state index contributed by atoms with van der Waals surface area (Å²) in [5, 5.41) is 12.4. The van der Waals surface area contributed by atoms with Gasteiger partial charge in [0.15, 0.2) is 5.16 Å². The van der Waals surface area contributed by atoms with Crippen molar-refractivity contribution in [2.75, 3.05) is 18.1 Å². The molecule has 0 amide bonds. The Morgan fingerprint density at radius 2 is 2.40 bits per heavy atom. The van der Waals surface area contributed by atoms with E-state index in [1.807, 2.05) is 13.2 Å². The van der Waals surface area contributed by atoms with Crippen molar-refractivity contribution in [1.82, 2.24) is 9.97 Å². The number of hydrogen-bond donors (Lipinski definition) is 2. The summed E-state index contributed by atoms with van der Waals surface area (Å²) >= 11 is 1.43. The SMILES string of the molecule is CCNc1nc(SC)ncc1CC(=O)O. The molecular formula is C9H13N3O2S. The van der Waals surface area contributed by atoms with Gasteiger partial charge < -0.3 is 10.4 Å². The minimum atomic E-state index is -0.880. The minimum Gasteiger partial charge on any atom is -0.481 e. The molecule has 0 saturated heterocycles. The molecule has 1 aromatic heterocycles. The molecule has 1 rings (SSSR count). The first kappa shape index (κ1) is 11.8. The Hall–Kier alpha value is -1.30. The monoisotopic (exact) mass is 227 g/mol. The maximum absolute atomic E-state index is 10.6. The van der Waals surface area contributed by atoms with Crippen molar-refractivity contribution in [3.63, 3.8) is 0 Å². The highest BCUT2D eigenvalue weighted by atomic mass is 32.2. The number of hydrogen-bond acceptors (Lipinski definition) is 5. The topological polar surface area (TPSA) is 75.1 Å². The highest BCUT2D eigenvalue weighted by Crippen LogP contribution is 2.16. The van der Waals surface area contributed by atoms with Crippen molar-refractivity contribution in [3.05, 3.63) is 11.8 Å². The molecule has 0 spiro atoms. The summed E-state index contributed by atoms with van der Waals surface area (Å²) in [6, 6.07) is 0. The van der Waals surface area contributed by atoms with Crippen LogP contribution in [0.4, 0.5) is 5.82 Å². The molecule has 5 nitrogen and oxygen atoms in total. The molecule has 0 aliphatic rings. The molecule has 1 heterocycles. The number of aromatic nitrogens is 2. The Balaban J connectivity index is 2.97. The van der Waals surface area contributed by atoms with Crippen LogP contribution in [-0.4, -0.2) is 33.8 Å². The Kier molecular flexibility index (Phi) is 4.36. The van der Waals surface area contributed by atoms with Gasteiger partial charge in [-0.2, -0.15) is 0 Å². The van der Waals surface area contributed by atoms with Crippen molar-refractivity contribution in [2.24, 2.45) is 0 Å². The molecule has 0 saturated carbocycles. The van der Waals surface area contributed by atoms with E-state index >= 15 is 0 Å². The predicted octanol–water partition coefficient (Wildman–Crippen LogP) is 1.26. The third kappa shape index (κ3) is 3.39. The molecule has 0 atom stereocenters. The highest BCUT2D eigenvalue weighted by molar-refractivity contribution is 7.98. The summed E-state index contributed by atoms with van der Waals surface area (Å²) in [7, 11) is 0. The van der Waals surface area contributed by atoms with Crippen molar-refractivity contribution in [2.45, 2.75) is 18.5 Å². The van der Waals surface area contributed by atoms with Crippen LogP contribution in [0.15, 0.2) is 11.4 Å². The van der Waals surface area contributed by atoms with E-state index in [1.165, 1.54) is 11.8 Å². The molecule has 0 fully saturated rings. The smallest absolute Gasteiger partial charge is 0.308 e. The van der Waals surface area contributed by atoms with E-state index in [9.17, 15) is 4.79 Å². The van der Waals surface area contributed by atoms with Crippen LogP contribution in [0.1, 0.15) is 12.5 Å². The van der Waals surface area contributed by atoms with Crippen LogP contribution in [0.2, 0.25) is 0 Å². The zero-order chi connectivity index (χ0) is 11.3. The third-order valence-electron chi connectivity index (χ3n) is 1.71. The lowest BCUT2D eigenvalue weighted by molar-refractivity contribution is -0.136. The summed E-state index contributed by atoms with van der Waals surface area (Å²) in [6.45, 7) is 2.64. The zero-order valence-electron chi connectivity index (χ0n) is 8.65. The maximum atomic E-state index is 10.6. The van der Waals surface area contributed by atoms with E-state index in [2.05, 4.69) is 15.3 Å². The van der Waals surface area contributed by atoms with Crippen LogP contribution >= 0.6 is 11.8 Å². The van der Waals surface area contributed by atoms with Crippen LogP contribution < -0.4 is 5.32 Å². The van der Waals surface area contributed by atoms with E-state index in [1.54, 1.807) is 6.20 Å². The predicted molar refractivity (Wildman–Crippen MR) is 59.3 cm³/mol. The summed E-state index contributed by atoms with van der Waals surface area (Å²) in [4.78, 5) is 18.8. The molecule has 1 aromatic rings. The number of nitrogens with zero attached hydrogens (tertiary/aromatic N) is 2. The molecule has 15 heavy (non-hydrogen) atoms. The first-order chi connectivity index (χ1) is 7.17. The van der Waals surface area contributed by atoms with E-state index < -0.39 is 5.97 Å². The second-order valence-corrected chi connectivity index (χ2v) is 3.60. The van der Waals surface area contributed by atoms with Gasteiger partial charge in [0.05, 0.1) is 6.42 Å². The summed E-state index contributed by atoms with van der Waals surface area (Å²) in [5.41, 5.74) is 0.613. The number of nitrogens with one attached hydrogen (secondary N) is 1. The quantitative estimate of drug-likeness (QED) is 0.582. The van der Waals surface area contributed by atoms with Gasteiger partial charge in [0.2, 0.25) is 0 Å². The fourth-order valence-corrected chi connectivity index (χ4v) is 1.44. The number of thioether (sulfide) groups is 1. The average Bonchev–Trinajstić information content (AvgIpc) is 2.20. The summed E-state index contributed by atoms with van der Waals surface area (Å²) < 4.78 is 0. The second kappa shape index (κ2) is 5.55. The third-order valence-corrected chi connectivity index (χ3v) is 2.27. The lowest BCUT2D eigenvalue weighted by Crippen LogP contribution is -2.09. The average molecular weight is 227 g/mol. The van der Waals surface area contributed by atoms with Crippen molar-refractivity contribution in [1.29, 1.82) is 0 Å². The molecule has 6 heteroatoms. The van der Waals surface area contributed by atoms with Gasteiger partial charge in [-0.05, 0) is 13.2 Å². The zero-order valence-corrected chi connectivity index (χ0v) is 9.47. The number of aliphatic carboxylic acids is 1. The molecule has 82 valence electrons. The first-order valence-electron chi connectivity index (χ1n) is 4.53. The van der Waals surface area contributed by atoms with Crippen LogP contribution in [0, 0.1) is 0 Å². The van der Waals surface area contributed by atoms with Gasteiger partial charge in [0.25, 0.3) is 0 Å². The van der Waals surface area contributed by atoms with Crippen LogP contribution in [-0.2, 0) is 11.2 Å². The van der Waals surface area contributed by atoms with E-state index in [4.69, 9.17) is 5.11 Å². The Morgan fingerprint density at radius 1 is 1.67 bits per heavy atom. The van der Waals surface area contributed by atoms with Crippen LogP contribution in [0.3, 0.4) is 0 Å². The number of carboxylic acids is 1. The molecule has 0 unspecified atom stereocenters. The Morgan fingerprint density at radius 3 is 2.93 bits per heavy atom. The fourth-order valence-electron chi connectivity index (χ4n) is 1.10. The molecular weight excluding hydrogens is 214 g/mol. The van der Waals surface area contributed by atoms with E-state index in [-0.39, 0.29) is 6.42 Å². The molecule has 0 aliphatic carbocycles. The van der Waals surface area contributed by atoms with Gasteiger partial charge in [-0.15, -0.1) is 0 Å². The van der Waals surface area contributed by atoms with Gasteiger partial charge in [-0.1, -0.05) is 11.8 Å². The lowest BCUT2D eigenvalue weighted by atomic mass is 10.2. The summed E-state index contributed by atoms with van der Waals surface area (Å²) in [5.74, 6) is -0.270. The van der Waals surface area contributed by atoms with Gasteiger partial charge in [-0.25, -0.2) is 9.97 Å². The number of carboxylic acid groups (broad SMARTS) is 1. The number of carbonyl (C=O) groups is 1. The molecule has 0 aromatic carbocycles. The number of anilines is 1. The van der Waals surface area contributed by atoms with Crippen molar-refractivity contribution in [3.8, 4) is 0 Å². The van der Waals surface area contributed by atoms with Crippen molar-refractivity contribution < 1.29 is 9.90 Å². The molecule has 2 N–H and O–H groups in total. The summed E-state index contributed by atoms with van der Waals surface area (Å²) in [6.07, 6.45) is 3.38. The van der Waals surface area contributed by atoms with Crippen LogP contribution in [0.5, 0.6) is 0 Å². The largest absolute Gasteiger partial charge is 0.481 e. The maximum Gasteiger partial charge on any atom is 0.308 e. The normalized spacial score (nSPS) is 10.0. The van der Waals surface area contributed by atoms with Gasteiger partial charge in [-0.3, -0.25) is 4.79 Å². The van der Waals surface area contributed by atoms with Gasteiger partial charge in [0.1, 0.15) is 5.82 Å². The van der Waals surface area contributed by atoms with E-state index in [0.717, 1.165) is 0 Å². The lowest BCUT2D eigenvalue weighted by Gasteiger charge is -2.08. The Labute approximate surface area is 92.3 Å². The van der Waals surface area contributed by atoms with Crippen LogP contribution in [0.25, 0.3) is 0 Å². The first-order valence-corrected chi connectivity index (χ1v) is 5.75. The van der Waals surface area contributed by atoms with Gasteiger partial charge in [0, 0.05) is 18.3 Å². The Bertz CT molecular complexity index is 357. The van der Waals surface area contributed by atoms with E-state index in [0.29, 0.717) is 23.1 Å². The molecule has 0 bridgehead atoms. The van der Waals surface area contributed by atoms with Crippen molar-refractivity contribution >= 4 is 23.5 Å². The minimum absolute atomic E-state index is 0.0585.